The van der Waals surface area contributed by atoms with E-state index in [9.17, 15) is 19.1 Å². The molecule has 0 spiro atoms. The summed E-state index contributed by atoms with van der Waals surface area (Å²) in [6, 6.07) is 5.04. The molecule has 68 valence electrons. The molecular formula is C9H6FNaO3. The zero-order valence-corrected chi connectivity index (χ0v) is 9.62. The second-order valence-electron chi connectivity index (χ2n) is 2.51. The fourth-order valence-corrected chi connectivity index (χ4v) is 0.860. The third-order valence-corrected chi connectivity index (χ3v) is 1.51. The summed E-state index contributed by atoms with van der Waals surface area (Å²) in [5.74, 6) is -3.15. The van der Waals surface area contributed by atoms with Crippen LogP contribution in [0.2, 0.25) is 0 Å². The number of halogens is 1. The van der Waals surface area contributed by atoms with E-state index < -0.39 is 17.6 Å². The molecule has 0 unspecified atom stereocenters. The summed E-state index contributed by atoms with van der Waals surface area (Å²) in [7, 11) is 0. The molecule has 1 rings (SSSR count). The molecule has 0 bridgehead atoms. The first-order valence-electron chi connectivity index (χ1n) is 3.58. The Morgan fingerprint density at radius 3 is 2.14 bits per heavy atom. The van der Waals surface area contributed by atoms with Crippen LogP contribution in [-0.2, 0) is 16.0 Å². The van der Waals surface area contributed by atoms with Gasteiger partial charge in [0.25, 0.3) is 0 Å². The molecule has 0 aromatic heterocycles. The van der Waals surface area contributed by atoms with E-state index in [1.165, 1.54) is 12.1 Å². The Hall–Kier alpha value is -0.710. The second-order valence-corrected chi connectivity index (χ2v) is 2.51. The van der Waals surface area contributed by atoms with Gasteiger partial charge in [-0.3, -0.25) is 4.79 Å². The number of carboxylic acid groups (broad SMARTS) is 1. The first kappa shape index (κ1) is 13.3. The molecule has 14 heavy (non-hydrogen) atoms. The van der Waals surface area contributed by atoms with Crippen LogP contribution in [0.15, 0.2) is 24.3 Å². The average molecular weight is 204 g/mol. The van der Waals surface area contributed by atoms with Crippen molar-refractivity contribution in [2.45, 2.75) is 6.42 Å². The van der Waals surface area contributed by atoms with Gasteiger partial charge in [0.1, 0.15) is 11.8 Å². The Kier molecular flexibility index (Phi) is 5.60. The fourth-order valence-electron chi connectivity index (χ4n) is 0.860. The summed E-state index contributed by atoms with van der Waals surface area (Å²) in [4.78, 5) is 20.7. The number of aliphatic carboxylic acids is 1. The zero-order valence-electron chi connectivity index (χ0n) is 7.62. The van der Waals surface area contributed by atoms with Gasteiger partial charge in [0, 0.05) is 6.42 Å². The maximum absolute atomic E-state index is 12.4. The molecule has 0 aliphatic carbocycles. The van der Waals surface area contributed by atoms with Crippen molar-refractivity contribution in [2.24, 2.45) is 0 Å². The van der Waals surface area contributed by atoms with E-state index in [4.69, 9.17) is 0 Å². The maximum Gasteiger partial charge on any atom is 1.00 e. The summed E-state index contributed by atoms with van der Waals surface area (Å²) >= 11 is 0. The number of hydrogen-bond donors (Lipinski definition) is 0. The molecule has 1 aromatic rings. The first-order chi connectivity index (χ1) is 6.09. The molecule has 3 nitrogen and oxygen atoms in total. The molecule has 0 saturated heterocycles. The van der Waals surface area contributed by atoms with E-state index in [1.807, 2.05) is 0 Å². The minimum atomic E-state index is -1.72. The quantitative estimate of drug-likeness (QED) is 0.382. The predicted molar refractivity (Wildman–Crippen MR) is 40.1 cm³/mol. The third-order valence-electron chi connectivity index (χ3n) is 1.51. The van der Waals surface area contributed by atoms with Crippen molar-refractivity contribution in [3.05, 3.63) is 35.6 Å². The smallest absolute Gasteiger partial charge is 0.542 e. The van der Waals surface area contributed by atoms with Crippen molar-refractivity contribution in [3.63, 3.8) is 0 Å². The Morgan fingerprint density at radius 2 is 1.71 bits per heavy atom. The number of benzene rings is 1. The summed E-state index contributed by atoms with van der Waals surface area (Å²) in [5.41, 5.74) is 0.454. The van der Waals surface area contributed by atoms with Crippen molar-refractivity contribution >= 4 is 11.8 Å². The monoisotopic (exact) mass is 204 g/mol. The number of Topliss-reactive ketones (excluding diaryl/α,β-unsaturated/α-hetero) is 1. The molecule has 5 heteroatoms. The van der Waals surface area contributed by atoms with Gasteiger partial charge >= 0.3 is 29.6 Å². The minimum absolute atomic E-state index is 0. The van der Waals surface area contributed by atoms with E-state index in [2.05, 4.69) is 0 Å². The normalized spacial score (nSPS) is 8.93. The SMILES string of the molecule is O=C([O-])C(=O)Cc1ccc(F)cc1.[Na+]. The fraction of sp³-hybridized carbons (Fsp3) is 0.111. The van der Waals surface area contributed by atoms with Gasteiger partial charge in [0.2, 0.25) is 0 Å². The number of hydrogen-bond acceptors (Lipinski definition) is 3. The Labute approximate surface area is 102 Å². The van der Waals surface area contributed by atoms with Gasteiger partial charge in [0.05, 0.1) is 0 Å². The van der Waals surface area contributed by atoms with Crippen LogP contribution in [0.5, 0.6) is 0 Å². The van der Waals surface area contributed by atoms with Crippen molar-refractivity contribution < 1.29 is 48.6 Å². The Bertz CT molecular complexity index is 334. The number of carbonyl (C=O) groups is 2. The summed E-state index contributed by atoms with van der Waals surface area (Å²) in [6.45, 7) is 0. The number of rotatable bonds is 3. The van der Waals surface area contributed by atoms with Gasteiger partial charge in [-0.15, -0.1) is 0 Å². The summed E-state index contributed by atoms with van der Waals surface area (Å²) in [6.07, 6.45) is -0.261. The topological polar surface area (TPSA) is 57.2 Å². The number of carboxylic acids is 1. The van der Waals surface area contributed by atoms with E-state index >= 15 is 0 Å². The summed E-state index contributed by atoms with van der Waals surface area (Å²) < 4.78 is 12.4. The van der Waals surface area contributed by atoms with Gasteiger partial charge in [-0.1, -0.05) is 12.1 Å². The van der Waals surface area contributed by atoms with Crippen molar-refractivity contribution in [3.8, 4) is 0 Å². The van der Waals surface area contributed by atoms with Crippen LogP contribution in [0.1, 0.15) is 5.56 Å². The van der Waals surface area contributed by atoms with Crippen LogP contribution in [0, 0.1) is 5.82 Å². The van der Waals surface area contributed by atoms with Crippen LogP contribution < -0.4 is 34.7 Å². The predicted octanol–water partition coefficient (Wildman–Crippen LogP) is -3.31. The molecule has 0 atom stereocenters. The molecular weight excluding hydrogens is 198 g/mol. The van der Waals surface area contributed by atoms with Crippen LogP contribution in [0.25, 0.3) is 0 Å². The first-order valence-corrected chi connectivity index (χ1v) is 3.58. The van der Waals surface area contributed by atoms with E-state index in [1.54, 1.807) is 0 Å². The zero-order chi connectivity index (χ0) is 9.84. The van der Waals surface area contributed by atoms with Gasteiger partial charge in [-0.05, 0) is 17.7 Å². The van der Waals surface area contributed by atoms with Crippen LogP contribution in [0.4, 0.5) is 4.39 Å². The number of ketones is 1. The van der Waals surface area contributed by atoms with Gasteiger partial charge in [0.15, 0.2) is 5.78 Å². The van der Waals surface area contributed by atoms with Crippen LogP contribution in [-0.4, -0.2) is 11.8 Å². The molecule has 0 aliphatic heterocycles. The largest absolute Gasteiger partial charge is 1.00 e. The summed E-state index contributed by atoms with van der Waals surface area (Å²) in [5, 5.41) is 10.0. The molecule has 0 N–H and O–H groups in total. The molecule has 0 fully saturated rings. The van der Waals surface area contributed by atoms with Gasteiger partial charge in [-0.2, -0.15) is 0 Å². The molecule has 0 radical (unpaired) electrons. The molecule has 1 aromatic carbocycles. The maximum atomic E-state index is 12.4. The number of carbonyl (C=O) groups excluding carboxylic acids is 2. The van der Waals surface area contributed by atoms with E-state index in [0.717, 1.165) is 12.1 Å². The molecule has 0 heterocycles. The van der Waals surface area contributed by atoms with Crippen molar-refractivity contribution in [1.29, 1.82) is 0 Å². The molecule has 0 saturated carbocycles. The van der Waals surface area contributed by atoms with Gasteiger partial charge in [-0.25, -0.2) is 4.39 Å². The molecule has 0 amide bonds. The van der Waals surface area contributed by atoms with Crippen LogP contribution in [0.3, 0.4) is 0 Å². The van der Waals surface area contributed by atoms with E-state index in [-0.39, 0.29) is 36.0 Å². The van der Waals surface area contributed by atoms with Crippen LogP contribution >= 0.6 is 0 Å². The Balaban J connectivity index is 0.00000169. The second kappa shape index (κ2) is 5.90. The van der Waals surface area contributed by atoms with Crippen molar-refractivity contribution in [2.75, 3.05) is 0 Å². The van der Waals surface area contributed by atoms with Crippen molar-refractivity contribution in [1.82, 2.24) is 0 Å². The van der Waals surface area contributed by atoms with Gasteiger partial charge < -0.3 is 9.90 Å². The standard InChI is InChI=1S/C9H7FO3.Na/c10-7-3-1-6(2-4-7)5-8(11)9(12)13;/h1-4H,5H2,(H,12,13);/q;+1/p-1. The Morgan fingerprint density at radius 1 is 1.21 bits per heavy atom. The van der Waals surface area contributed by atoms with E-state index in [0.29, 0.717) is 5.56 Å². The molecule has 0 aliphatic rings. The minimum Gasteiger partial charge on any atom is -0.542 e. The average Bonchev–Trinajstić information content (AvgIpc) is 2.08. The third kappa shape index (κ3) is 4.00.